The second-order valence-electron chi connectivity index (χ2n) is 4.58. The summed E-state index contributed by atoms with van der Waals surface area (Å²) >= 11 is 0. The van der Waals surface area contributed by atoms with Gasteiger partial charge in [0.25, 0.3) is 5.91 Å². The second kappa shape index (κ2) is 6.53. The number of hydrogen-bond donors (Lipinski definition) is 3. The predicted molar refractivity (Wildman–Crippen MR) is 83.2 cm³/mol. The molecule has 0 saturated carbocycles. The van der Waals surface area contributed by atoms with Crippen LogP contribution in [0.3, 0.4) is 0 Å². The number of anilines is 1. The summed E-state index contributed by atoms with van der Waals surface area (Å²) in [7, 11) is 0. The van der Waals surface area contributed by atoms with Crippen molar-refractivity contribution in [2.24, 2.45) is 5.73 Å². The van der Waals surface area contributed by atoms with Crippen LogP contribution in [0, 0.1) is 5.41 Å². The topological polar surface area (TPSA) is 107 Å². The fraction of sp³-hybridized carbons (Fsp3) is 0.0625. The Hall–Kier alpha value is -3.15. The zero-order chi connectivity index (χ0) is 16.1. The summed E-state index contributed by atoms with van der Waals surface area (Å²) in [5.41, 5.74) is 6.43. The Labute approximate surface area is 127 Å². The van der Waals surface area contributed by atoms with E-state index in [2.05, 4.69) is 0 Å². The van der Waals surface area contributed by atoms with E-state index in [0.29, 0.717) is 5.69 Å². The monoisotopic (exact) mass is 297 g/mol. The van der Waals surface area contributed by atoms with Gasteiger partial charge < -0.3 is 10.8 Å². The molecule has 0 aliphatic heterocycles. The molecule has 4 N–H and O–H groups in total. The zero-order valence-corrected chi connectivity index (χ0v) is 11.7. The quantitative estimate of drug-likeness (QED) is 0.576. The first-order valence-electron chi connectivity index (χ1n) is 6.53. The predicted octanol–water partition coefficient (Wildman–Crippen LogP) is 1.70. The first kappa shape index (κ1) is 15.2. The summed E-state index contributed by atoms with van der Waals surface area (Å²) in [6.45, 7) is -0.477. The Morgan fingerprint density at radius 3 is 2.09 bits per heavy atom. The number of aliphatic carboxylic acids is 1. The molecule has 2 aromatic carbocycles. The molecule has 0 spiro atoms. The molecular formula is C16H15N3O3. The summed E-state index contributed by atoms with van der Waals surface area (Å²) in [5, 5.41) is 16.6. The van der Waals surface area contributed by atoms with Crippen molar-refractivity contribution in [3.05, 3.63) is 65.7 Å². The SMILES string of the molecule is N=C(N)c1ccccc1C(=O)N(CC(=O)O)c1ccccc1. The van der Waals surface area contributed by atoms with Gasteiger partial charge in [-0.05, 0) is 18.2 Å². The van der Waals surface area contributed by atoms with Gasteiger partial charge in [-0.25, -0.2) is 0 Å². The minimum absolute atomic E-state index is 0.195. The number of nitrogens with zero attached hydrogens (tertiary/aromatic N) is 1. The van der Waals surface area contributed by atoms with E-state index in [1.165, 1.54) is 6.07 Å². The van der Waals surface area contributed by atoms with E-state index >= 15 is 0 Å². The van der Waals surface area contributed by atoms with Crippen LogP contribution >= 0.6 is 0 Å². The van der Waals surface area contributed by atoms with Gasteiger partial charge in [-0.3, -0.25) is 19.9 Å². The number of nitrogens with two attached hydrogens (primary N) is 1. The van der Waals surface area contributed by atoms with E-state index in [1.807, 2.05) is 0 Å². The molecule has 6 heteroatoms. The molecule has 0 fully saturated rings. The molecule has 0 unspecified atom stereocenters. The minimum Gasteiger partial charge on any atom is -0.480 e. The number of carboxylic acid groups (broad SMARTS) is 1. The third-order valence-corrected chi connectivity index (χ3v) is 3.05. The van der Waals surface area contributed by atoms with Gasteiger partial charge in [-0.15, -0.1) is 0 Å². The van der Waals surface area contributed by atoms with Gasteiger partial charge in [0.05, 0.1) is 5.56 Å². The lowest BCUT2D eigenvalue weighted by Gasteiger charge is -2.22. The van der Waals surface area contributed by atoms with Crippen molar-refractivity contribution < 1.29 is 14.7 Å². The summed E-state index contributed by atoms with van der Waals surface area (Å²) in [6, 6.07) is 14.9. The lowest BCUT2D eigenvalue weighted by atomic mass is 10.0. The Balaban J connectivity index is 2.47. The summed E-state index contributed by atoms with van der Waals surface area (Å²) in [4.78, 5) is 24.9. The molecule has 2 aromatic rings. The van der Waals surface area contributed by atoms with Gasteiger partial charge in [-0.2, -0.15) is 0 Å². The summed E-state index contributed by atoms with van der Waals surface area (Å²) in [5.74, 6) is -1.89. The molecule has 1 amide bonds. The number of amidine groups is 1. The number of hydrogen-bond acceptors (Lipinski definition) is 3. The third kappa shape index (κ3) is 3.29. The van der Waals surface area contributed by atoms with E-state index in [1.54, 1.807) is 48.5 Å². The minimum atomic E-state index is -1.13. The van der Waals surface area contributed by atoms with Crippen molar-refractivity contribution in [3.63, 3.8) is 0 Å². The fourth-order valence-electron chi connectivity index (χ4n) is 2.07. The zero-order valence-electron chi connectivity index (χ0n) is 11.7. The molecule has 2 rings (SSSR count). The Morgan fingerprint density at radius 2 is 1.55 bits per heavy atom. The van der Waals surface area contributed by atoms with Crippen LogP contribution in [0.2, 0.25) is 0 Å². The van der Waals surface area contributed by atoms with Crippen LogP contribution < -0.4 is 10.6 Å². The molecule has 6 nitrogen and oxygen atoms in total. The van der Waals surface area contributed by atoms with Gasteiger partial charge in [0.15, 0.2) is 0 Å². The number of rotatable bonds is 5. The number of carboxylic acids is 1. The molecule has 0 aliphatic carbocycles. The maximum Gasteiger partial charge on any atom is 0.323 e. The van der Waals surface area contributed by atoms with Crippen LogP contribution in [-0.2, 0) is 4.79 Å². The lowest BCUT2D eigenvalue weighted by Crippen LogP contribution is -2.36. The maximum absolute atomic E-state index is 12.7. The first-order chi connectivity index (χ1) is 10.5. The lowest BCUT2D eigenvalue weighted by molar-refractivity contribution is -0.135. The second-order valence-corrected chi connectivity index (χ2v) is 4.58. The molecule has 0 aliphatic rings. The van der Waals surface area contributed by atoms with Crippen LogP contribution in [0.4, 0.5) is 5.69 Å². The number of amides is 1. The normalized spacial score (nSPS) is 10.0. The largest absolute Gasteiger partial charge is 0.480 e. The third-order valence-electron chi connectivity index (χ3n) is 3.05. The molecule has 0 aromatic heterocycles. The van der Waals surface area contributed by atoms with Crippen molar-refractivity contribution in [2.75, 3.05) is 11.4 Å². The maximum atomic E-state index is 12.7. The van der Waals surface area contributed by atoms with Crippen molar-refractivity contribution in [3.8, 4) is 0 Å². The molecule has 0 radical (unpaired) electrons. The fourth-order valence-corrected chi connectivity index (χ4v) is 2.07. The smallest absolute Gasteiger partial charge is 0.323 e. The van der Waals surface area contributed by atoms with Gasteiger partial charge in [0.1, 0.15) is 12.4 Å². The van der Waals surface area contributed by atoms with Gasteiger partial charge in [0.2, 0.25) is 0 Å². The van der Waals surface area contributed by atoms with Crippen LogP contribution in [0.15, 0.2) is 54.6 Å². The first-order valence-corrected chi connectivity index (χ1v) is 6.53. The van der Waals surface area contributed by atoms with Gasteiger partial charge in [-0.1, -0.05) is 36.4 Å². The Kier molecular flexibility index (Phi) is 4.53. The molecule has 0 saturated heterocycles. The molecular weight excluding hydrogens is 282 g/mol. The molecule has 22 heavy (non-hydrogen) atoms. The number of nitrogen functional groups attached to an aromatic ring is 1. The average Bonchev–Trinajstić information content (AvgIpc) is 2.52. The summed E-state index contributed by atoms with van der Waals surface area (Å²) in [6.07, 6.45) is 0. The van der Waals surface area contributed by atoms with E-state index in [4.69, 9.17) is 16.2 Å². The van der Waals surface area contributed by atoms with E-state index in [0.717, 1.165) is 4.90 Å². The Morgan fingerprint density at radius 1 is 1.00 bits per heavy atom. The standard InChI is InChI=1S/C16H15N3O3/c17-15(18)12-8-4-5-9-13(12)16(22)19(10-14(20)21)11-6-2-1-3-7-11/h1-9H,10H2,(H3,17,18)(H,20,21). The molecule has 0 bridgehead atoms. The van der Waals surface area contributed by atoms with Crippen molar-refractivity contribution in [2.45, 2.75) is 0 Å². The van der Waals surface area contributed by atoms with Crippen LogP contribution in [0.5, 0.6) is 0 Å². The van der Waals surface area contributed by atoms with Crippen molar-refractivity contribution in [1.82, 2.24) is 0 Å². The highest BCUT2D eigenvalue weighted by atomic mass is 16.4. The molecule has 0 heterocycles. The van der Waals surface area contributed by atoms with Gasteiger partial charge >= 0.3 is 5.97 Å². The number of carbonyl (C=O) groups excluding carboxylic acids is 1. The number of nitrogens with one attached hydrogen (secondary N) is 1. The number of carbonyl (C=O) groups is 2. The Bertz CT molecular complexity index is 714. The molecule has 112 valence electrons. The van der Waals surface area contributed by atoms with Crippen molar-refractivity contribution >= 4 is 23.4 Å². The average molecular weight is 297 g/mol. The van der Waals surface area contributed by atoms with Gasteiger partial charge in [0, 0.05) is 11.3 Å². The van der Waals surface area contributed by atoms with Crippen LogP contribution in [0.25, 0.3) is 0 Å². The van der Waals surface area contributed by atoms with E-state index in [-0.39, 0.29) is 17.0 Å². The highest BCUT2D eigenvalue weighted by Crippen LogP contribution is 2.18. The van der Waals surface area contributed by atoms with Crippen LogP contribution in [0.1, 0.15) is 15.9 Å². The highest BCUT2D eigenvalue weighted by molar-refractivity contribution is 6.14. The molecule has 0 atom stereocenters. The number of para-hydroxylation sites is 1. The van der Waals surface area contributed by atoms with E-state index in [9.17, 15) is 9.59 Å². The van der Waals surface area contributed by atoms with E-state index < -0.39 is 18.4 Å². The van der Waals surface area contributed by atoms with Crippen molar-refractivity contribution in [1.29, 1.82) is 5.41 Å². The summed E-state index contributed by atoms with van der Waals surface area (Å²) < 4.78 is 0. The van der Waals surface area contributed by atoms with Crippen LogP contribution in [-0.4, -0.2) is 29.4 Å². The number of benzene rings is 2. The highest BCUT2D eigenvalue weighted by Gasteiger charge is 2.23.